The van der Waals surface area contributed by atoms with Crippen LogP contribution < -0.4 is 20.1 Å². The van der Waals surface area contributed by atoms with Crippen molar-refractivity contribution in [3.8, 4) is 17.4 Å². The van der Waals surface area contributed by atoms with E-state index in [2.05, 4.69) is 39.7 Å². The van der Waals surface area contributed by atoms with Gasteiger partial charge in [-0.1, -0.05) is 19.2 Å². The molecular weight excluding hydrogens is 510 g/mol. The van der Waals surface area contributed by atoms with E-state index in [0.29, 0.717) is 18.4 Å². The zero-order valence-corrected chi connectivity index (χ0v) is 24.4. The van der Waals surface area contributed by atoms with Gasteiger partial charge in [-0.05, 0) is 42.7 Å². The summed E-state index contributed by atoms with van der Waals surface area (Å²) in [4.78, 5) is 18.2. The molecule has 1 atom stereocenters. The van der Waals surface area contributed by atoms with Crippen LogP contribution in [0.2, 0.25) is 19.1 Å². The molecule has 210 valence electrons. The van der Waals surface area contributed by atoms with Crippen molar-refractivity contribution >= 4 is 26.6 Å². The van der Waals surface area contributed by atoms with Crippen LogP contribution in [0.5, 0.6) is 17.4 Å². The molecule has 1 unspecified atom stereocenters. The lowest BCUT2D eigenvalue weighted by atomic mass is 10.0. The Morgan fingerprint density at radius 1 is 1.26 bits per heavy atom. The summed E-state index contributed by atoms with van der Waals surface area (Å²) in [6.07, 6.45) is 7.63. The summed E-state index contributed by atoms with van der Waals surface area (Å²) in [6.45, 7) is 10.2. The predicted octanol–water partition coefficient (Wildman–Crippen LogP) is 3.82. The molecule has 1 amide bonds. The Hall–Kier alpha value is -3.21. The van der Waals surface area contributed by atoms with Crippen LogP contribution in [-0.2, 0) is 16.0 Å². The van der Waals surface area contributed by atoms with E-state index in [9.17, 15) is 4.79 Å². The van der Waals surface area contributed by atoms with Crippen LogP contribution in [0.1, 0.15) is 30.9 Å². The van der Waals surface area contributed by atoms with Gasteiger partial charge in [0.1, 0.15) is 24.3 Å². The molecule has 1 saturated heterocycles. The summed E-state index contributed by atoms with van der Waals surface area (Å²) in [5.41, 5.74) is 2.82. The zero-order chi connectivity index (χ0) is 27.6. The van der Waals surface area contributed by atoms with E-state index < -0.39 is 8.80 Å². The largest absolute Gasteiger partial charge is 0.488 e. The highest BCUT2D eigenvalue weighted by Gasteiger charge is 2.28. The standard InChI is InChI=1S/C29H41N5O4Si/c1-21(35)33-24-9-12-34(13-10-24)19-26-16-22-4-6-25(17-28(22)37-26)38-29-7-5-23(18-31-29)27(8-11-30)32-20-36-14-15-39(2)3/h4-8,11,17-18,24,26,30,32,39H,9-10,12-16,19-20H2,1-3H3,(H,33,35)/b27-8-,30-11?. The number of nitrogens with zero attached hydrogens (tertiary/aromatic N) is 2. The molecule has 0 bridgehead atoms. The molecule has 2 aliphatic rings. The summed E-state index contributed by atoms with van der Waals surface area (Å²) in [5, 5.41) is 13.7. The van der Waals surface area contributed by atoms with E-state index in [1.165, 1.54) is 11.8 Å². The van der Waals surface area contributed by atoms with Gasteiger partial charge in [0.15, 0.2) is 0 Å². The van der Waals surface area contributed by atoms with E-state index in [-0.39, 0.29) is 18.1 Å². The number of rotatable bonds is 13. The van der Waals surface area contributed by atoms with Crippen LogP contribution >= 0.6 is 0 Å². The Kier molecular flexibility index (Phi) is 10.5. The number of carbonyl (C=O) groups excluding carboxylic acids is 1. The van der Waals surface area contributed by atoms with Crippen LogP contribution in [-0.4, -0.2) is 75.9 Å². The van der Waals surface area contributed by atoms with Crippen molar-refractivity contribution < 1.29 is 19.0 Å². The van der Waals surface area contributed by atoms with Gasteiger partial charge in [-0.25, -0.2) is 4.98 Å². The van der Waals surface area contributed by atoms with Gasteiger partial charge in [0.25, 0.3) is 0 Å². The van der Waals surface area contributed by atoms with E-state index >= 15 is 0 Å². The molecular formula is C29H41N5O4Si. The lowest BCUT2D eigenvalue weighted by molar-refractivity contribution is -0.120. The number of allylic oxidation sites excluding steroid dienone is 1. The second kappa shape index (κ2) is 14.3. The fourth-order valence-corrected chi connectivity index (χ4v) is 5.50. The number of benzene rings is 1. The molecule has 1 aromatic carbocycles. The van der Waals surface area contributed by atoms with E-state index in [4.69, 9.17) is 19.6 Å². The van der Waals surface area contributed by atoms with Crippen molar-refractivity contribution in [2.24, 2.45) is 0 Å². The van der Waals surface area contributed by atoms with Gasteiger partial charge in [0, 0.05) is 90.2 Å². The van der Waals surface area contributed by atoms with Crippen LogP contribution in [0, 0.1) is 5.41 Å². The first-order valence-electron chi connectivity index (χ1n) is 13.8. The molecule has 2 aromatic rings. The highest BCUT2D eigenvalue weighted by Crippen LogP contribution is 2.34. The zero-order valence-electron chi connectivity index (χ0n) is 23.2. The Morgan fingerprint density at radius 3 is 2.77 bits per heavy atom. The maximum Gasteiger partial charge on any atom is 0.219 e. The fourth-order valence-electron chi connectivity index (χ4n) is 4.86. The molecule has 10 heteroatoms. The van der Waals surface area contributed by atoms with Gasteiger partial charge in [0.05, 0.1) is 0 Å². The van der Waals surface area contributed by atoms with Gasteiger partial charge in [-0.3, -0.25) is 9.69 Å². The average molecular weight is 552 g/mol. The van der Waals surface area contributed by atoms with Crippen LogP contribution in [0.3, 0.4) is 0 Å². The third-order valence-electron chi connectivity index (χ3n) is 6.96. The first kappa shape index (κ1) is 28.8. The van der Waals surface area contributed by atoms with Crippen molar-refractivity contribution in [2.45, 2.75) is 57.5 Å². The minimum absolute atomic E-state index is 0.0487. The molecule has 0 radical (unpaired) electrons. The summed E-state index contributed by atoms with van der Waals surface area (Å²) in [6, 6.07) is 11.1. The molecule has 2 aliphatic heterocycles. The van der Waals surface area contributed by atoms with Gasteiger partial charge in [0.2, 0.25) is 11.8 Å². The fraction of sp³-hybridized carbons (Fsp3) is 0.483. The number of amides is 1. The number of fused-ring (bicyclic) bond motifs is 1. The van der Waals surface area contributed by atoms with Gasteiger partial charge in [-0.15, -0.1) is 0 Å². The Morgan fingerprint density at radius 2 is 2.08 bits per heavy atom. The first-order chi connectivity index (χ1) is 18.9. The molecule has 0 spiro atoms. The summed E-state index contributed by atoms with van der Waals surface area (Å²) in [5.74, 6) is 2.08. The van der Waals surface area contributed by atoms with Crippen molar-refractivity contribution in [3.05, 3.63) is 53.7 Å². The summed E-state index contributed by atoms with van der Waals surface area (Å²) in [7, 11) is -0.616. The van der Waals surface area contributed by atoms with Crippen LogP contribution in [0.25, 0.3) is 5.70 Å². The number of carbonyl (C=O) groups is 1. The third-order valence-corrected chi connectivity index (χ3v) is 8.35. The molecule has 4 rings (SSSR count). The van der Waals surface area contributed by atoms with Gasteiger partial charge in [-0.2, -0.15) is 0 Å². The Bertz CT molecular complexity index is 1130. The molecule has 3 N–H and O–H groups in total. The van der Waals surface area contributed by atoms with Crippen molar-refractivity contribution in [3.63, 3.8) is 0 Å². The lowest BCUT2D eigenvalue weighted by Crippen LogP contribution is -2.46. The van der Waals surface area contributed by atoms with Gasteiger partial charge >= 0.3 is 0 Å². The van der Waals surface area contributed by atoms with Crippen molar-refractivity contribution in [1.29, 1.82) is 5.41 Å². The minimum atomic E-state index is -0.616. The molecule has 3 heterocycles. The number of pyridine rings is 1. The molecule has 9 nitrogen and oxygen atoms in total. The lowest BCUT2D eigenvalue weighted by Gasteiger charge is -2.33. The number of likely N-dealkylation sites (tertiary alicyclic amines) is 1. The number of piperidine rings is 1. The monoisotopic (exact) mass is 551 g/mol. The Balaban J connectivity index is 1.26. The third kappa shape index (κ3) is 8.91. The number of ether oxygens (including phenoxy) is 3. The van der Waals surface area contributed by atoms with E-state index in [0.717, 1.165) is 68.6 Å². The predicted molar refractivity (Wildman–Crippen MR) is 157 cm³/mol. The number of hydrogen-bond donors (Lipinski definition) is 3. The van der Waals surface area contributed by atoms with Crippen LogP contribution in [0.4, 0.5) is 0 Å². The SMILES string of the molecule is CC(=O)NC1CCN(CC2Cc3ccc(Oc4ccc(/C(=C/C=N)NCOCC[SiH](C)C)cn4)cc3O2)CC1. The minimum Gasteiger partial charge on any atom is -0.488 e. The molecule has 1 aromatic heterocycles. The second-order valence-corrected chi connectivity index (χ2v) is 14.0. The highest BCUT2D eigenvalue weighted by molar-refractivity contribution is 6.55. The summed E-state index contributed by atoms with van der Waals surface area (Å²) >= 11 is 0. The van der Waals surface area contributed by atoms with Crippen molar-refractivity contribution in [1.82, 2.24) is 20.5 Å². The van der Waals surface area contributed by atoms with Crippen LogP contribution in [0.15, 0.2) is 42.6 Å². The normalized spacial score (nSPS) is 17.9. The molecule has 0 saturated carbocycles. The maximum absolute atomic E-state index is 11.3. The van der Waals surface area contributed by atoms with Crippen molar-refractivity contribution in [2.75, 3.05) is 33.0 Å². The molecule has 1 fully saturated rings. The number of nitrogens with one attached hydrogen (secondary N) is 3. The smallest absolute Gasteiger partial charge is 0.219 e. The highest BCUT2D eigenvalue weighted by atomic mass is 28.3. The molecule has 0 aliphatic carbocycles. The number of aromatic nitrogens is 1. The maximum atomic E-state index is 11.3. The second-order valence-electron chi connectivity index (χ2n) is 10.6. The first-order valence-corrected chi connectivity index (χ1v) is 17.0. The summed E-state index contributed by atoms with van der Waals surface area (Å²) < 4.78 is 18.0. The quantitative estimate of drug-likeness (QED) is 0.150. The average Bonchev–Trinajstić information content (AvgIpc) is 3.30. The Labute approximate surface area is 233 Å². The topological polar surface area (TPSA) is 109 Å². The number of hydrogen-bond acceptors (Lipinski definition) is 8. The van der Waals surface area contributed by atoms with Gasteiger partial charge < -0.3 is 30.3 Å². The van der Waals surface area contributed by atoms with E-state index in [1.54, 1.807) is 19.2 Å². The molecule has 39 heavy (non-hydrogen) atoms. The van der Waals surface area contributed by atoms with E-state index in [1.807, 2.05) is 24.3 Å².